The number of nitrogens with zero attached hydrogens (tertiary/aromatic N) is 4. The van der Waals surface area contributed by atoms with Gasteiger partial charge in [-0.2, -0.15) is 16.9 Å². The number of thioether (sulfide) groups is 1. The molecule has 1 fully saturated rings. The van der Waals surface area contributed by atoms with Gasteiger partial charge in [0, 0.05) is 82.4 Å². The van der Waals surface area contributed by atoms with Crippen molar-refractivity contribution in [3.05, 3.63) is 72.7 Å². The summed E-state index contributed by atoms with van der Waals surface area (Å²) in [6.07, 6.45) is 7.59. The molecule has 11 heteroatoms. The second-order valence-electron chi connectivity index (χ2n) is 15.5. The summed E-state index contributed by atoms with van der Waals surface area (Å²) in [4.78, 5) is 9.83. The maximum absolute atomic E-state index is 11.6. The molecular weight excluding hydrogens is 639 g/mol. The number of pyridine rings is 1. The molecule has 0 spiro atoms. The zero-order valence-electron chi connectivity index (χ0n) is 29.2. The van der Waals surface area contributed by atoms with E-state index in [4.69, 9.17) is 24.5 Å². The highest BCUT2D eigenvalue weighted by atomic mass is 32.2. The molecule has 0 saturated heterocycles. The largest absolute Gasteiger partial charge is 0.389 e. The molecule has 0 amide bonds. The lowest BCUT2D eigenvalue weighted by Gasteiger charge is -2.42. The van der Waals surface area contributed by atoms with Crippen LogP contribution in [0.25, 0.3) is 28.2 Å². The Bertz CT molecular complexity index is 1560. The first-order valence-corrected chi connectivity index (χ1v) is 25.7. The third-order valence-electron chi connectivity index (χ3n) is 8.87. The Morgan fingerprint density at radius 3 is 2.28 bits per heavy atom. The third kappa shape index (κ3) is 10.3. The molecule has 0 unspecified atom stereocenters. The summed E-state index contributed by atoms with van der Waals surface area (Å²) in [6, 6.07) is 20.6. The number of hydrogen-bond donors (Lipinski definition) is 2. The third-order valence-corrected chi connectivity index (χ3v) is 13.1. The number of hydrogen-bond acceptors (Lipinski definition) is 8. The monoisotopic (exact) mass is 691 g/mol. The molecule has 47 heavy (non-hydrogen) atoms. The Morgan fingerprint density at radius 2 is 1.66 bits per heavy atom. The van der Waals surface area contributed by atoms with Gasteiger partial charge in [0.1, 0.15) is 0 Å². The van der Waals surface area contributed by atoms with Crippen LogP contribution in [0, 0.1) is 0 Å². The minimum atomic E-state index is -1.26. The fourth-order valence-corrected chi connectivity index (χ4v) is 8.28. The number of ether oxygens (including phenoxy) is 2. The zero-order valence-corrected chi connectivity index (χ0v) is 32.0. The van der Waals surface area contributed by atoms with E-state index in [0.29, 0.717) is 25.4 Å². The van der Waals surface area contributed by atoms with Crippen LogP contribution in [0.2, 0.25) is 51.4 Å². The molecule has 1 aliphatic carbocycles. The summed E-state index contributed by atoms with van der Waals surface area (Å²) in [5.41, 5.74) is 4.75. The van der Waals surface area contributed by atoms with Gasteiger partial charge in [-0.05, 0) is 55.8 Å². The number of nitrogens with one attached hydrogen (secondary N) is 1. The zero-order chi connectivity index (χ0) is 33.7. The fourth-order valence-electron chi connectivity index (χ4n) is 6.02. The van der Waals surface area contributed by atoms with Crippen LogP contribution in [0.15, 0.2) is 67.0 Å². The number of benzene rings is 1. The molecular formula is C36H53N5O3SSi2. The van der Waals surface area contributed by atoms with Crippen molar-refractivity contribution < 1.29 is 14.6 Å². The molecule has 2 N–H and O–H groups in total. The van der Waals surface area contributed by atoms with E-state index in [1.807, 2.05) is 47.2 Å². The van der Waals surface area contributed by atoms with Crippen molar-refractivity contribution in [2.75, 3.05) is 25.2 Å². The van der Waals surface area contributed by atoms with Crippen LogP contribution in [-0.4, -0.2) is 84.1 Å². The summed E-state index contributed by atoms with van der Waals surface area (Å²) >= 11 is 1.70. The Balaban J connectivity index is 1.38. The molecule has 0 bridgehead atoms. The van der Waals surface area contributed by atoms with Crippen LogP contribution in [0.1, 0.15) is 30.9 Å². The molecule has 0 aliphatic heterocycles. The van der Waals surface area contributed by atoms with Gasteiger partial charge in [0.25, 0.3) is 0 Å². The first-order valence-electron chi connectivity index (χ1n) is 16.9. The minimum Gasteiger partial charge on any atom is -0.389 e. The quantitative estimate of drug-likeness (QED) is 0.0965. The summed E-state index contributed by atoms with van der Waals surface area (Å²) in [5.74, 6) is 0.684. The van der Waals surface area contributed by atoms with Gasteiger partial charge in [-0.15, -0.1) is 0 Å². The molecule has 1 aromatic carbocycles. The maximum atomic E-state index is 11.6. The van der Waals surface area contributed by atoms with Gasteiger partial charge in [-0.25, -0.2) is 9.50 Å². The van der Waals surface area contributed by atoms with Gasteiger partial charge in [0.05, 0.1) is 17.0 Å². The highest BCUT2D eigenvalue weighted by Gasteiger charge is 2.41. The molecule has 1 saturated carbocycles. The normalized spacial score (nSPS) is 20.7. The van der Waals surface area contributed by atoms with E-state index in [2.05, 4.69) is 75.1 Å². The molecule has 8 nitrogen and oxygen atoms in total. The molecule has 254 valence electrons. The summed E-state index contributed by atoms with van der Waals surface area (Å²) in [6.45, 7) is 15.6. The molecule has 3 atom stereocenters. The van der Waals surface area contributed by atoms with E-state index in [0.717, 1.165) is 58.8 Å². The second kappa shape index (κ2) is 15.4. The minimum absolute atomic E-state index is 0.0141. The highest BCUT2D eigenvalue weighted by Crippen LogP contribution is 2.40. The van der Waals surface area contributed by atoms with Crippen molar-refractivity contribution in [1.29, 1.82) is 0 Å². The molecule has 4 aromatic rings. The predicted octanol–water partition coefficient (Wildman–Crippen LogP) is 7.77. The number of fused-ring (bicyclic) bond motifs is 1. The van der Waals surface area contributed by atoms with Gasteiger partial charge >= 0.3 is 0 Å². The van der Waals surface area contributed by atoms with E-state index < -0.39 is 28.2 Å². The number of rotatable bonds is 15. The molecule has 5 rings (SSSR count). The lowest BCUT2D eigenvalue weighted by molar-refractivity contribution is -0.164. The van der Waals surface area contributed by atoms with E-state index >= 15 is 0 Å². The van der Waals surface area contributed by atoms with Crippen LogP contribution < -0.4 is 5.32 Å². The van der Waals surface area contributed by atoms with Crippen molar-refractivity contribution in [1.82, 2.24) is 24.9 Å². The van der Waals surface area contributed by atoms with E-state index in [9.17, 15) is 5.11 Å². The Labute approximate surface area is 287 Å². The lowest BCUT2D eigenvalue weighted by Crippen LogP contribution is -2.52. The lowest BCUT2D eigenvalue weighted by atomic mass is 9.74. The fraction of sp³-hybridized carbons (Fsp3) is 0.528. The van der Waals surface area contributed by atoms with Crippen LogP contribution >= 0.6 is 11.8 Å². The first kappa shape index (κ1) is 35.9. The number of aliphatic hydroxyl groups is 1. The SMILES string of the molecule is CSC[C@@]1(O)CC[C@@H](NC(OCC[Si](C)(C)C)OCC[Si](C)(C)C)[C@H](c2ccn3nc(-c4ccc(-c5ccccc5)nc4)cc3n2)C1. The number of aromatic nitrogens is 4. The Morgan fingerprint density at radius 1 is 0.957 bits per heavy atom. The van der Waals surface area contributed by atoms with Gasteiger partial charge in [0.15, 0.2) is 5.65 Å². The van der Waals surface area contributed by atoms with Crippen molar-refractivity contribution in [3.63, 3.8) is 0 Å². The Hall–Kier alpha value is -2.39. The molecule has 3 aromatic heterocycles. The molecule has 0 radical (unpaired) electrons. The molecule has 3 heterocycles. The highest BCUT2D eigenvalue weighted by molar-refractivity contribution is 7.98. The van der Waals surface area contributed by atoms with Crippen LogP contribution in [0.5, 0.6) is 0 Å². The average Bonchev–Trinajstić information content (AvgIpc) is 3.45. The van der Waals surface area contributed by atoms with Crippen LogP contribution in [-0.2, 0) is 9.47 Å². The van der Waals surface area contributed by atoms with Crippen LogP contribution in [0.4, 0.5) is 0 Å². The Kier molecular flexibility index (Phi) is 11.8. The van der Waals surface area contributed by atoms with Gasteiger partial charge in [-0.1, -0.05) is 69.6 Å². The summed E-state index contributed by atoms with van der Waals surface area (Å²) < 4.78 is 14.6. The average molecular weight is 692 g/mol. The van der Waals surface area contributed by atoms with Crippen molar-refractivity contribution >= 4 is 33.6 Å². The van der Waals surface area contributed by atoms with Crippen LogP contribution in [0.3, 0.4) is 0 Å². The topological polar surface area (TPSA) is 93.8 Å². The van der Waals surface area contributed by atoms with Gasteiger partial charge in [-0.3, -0.25) is 10.3 Å². The maximum Gasteiger partial charge on any atom is 0.216 e. The van der Waals surface area contributed by atoms with Crippen molar-refractivity contribution in [3.8, 4) is 22.5 Å². The van der Waals surface area contributed by atoms with Gasteiger partial charge in [0.2, 0.25) is 6.41 Å². The van der Waals surface area contributed by atoms with E-state index in [1.165, 1.54) is 0 Å². The van der Waals surface area contributed by atoms with E-state index in [1.54, 1.807) is 11.8 Å². The predicted molar refractivity (Wildman–Crippen MR) is 200 cm³/mol. The van der Waals surface area contributed by atoms with E-state index in [-0.39, 0.29) is 12.0 Å². The summed E-state index contributed by atoms with van der Waals surface area (Å²) in [7, 11) is -2.52. The summed E-state index contributed by atoms with van der Waals surface area (Å²) in [5, 5.41) is 20.2. The smallest absolute Gasteiger partial charge is 0.216 e. The second-order valence-corrected chi connectivity index (χ2v) is 27.6. The van der Waals surface area contributed by atoms with Gasteiger partial charge < -0.3 is 14.6 Å². The molecule has 1 aliphatic rings. The first-order chi connectivity index (χ1) is 22.3. The standard InChI is InChI=1S/C36H53N5O3SSi2/c1-45-26-36(42)17-15-31(39-35(43-19-21-46(2,3)4)44-20-22-47(5,6)7)29(24-36)32-16-18-41-34(38-32)23-33(40-41)28-13-14-30(37-25-28)27-11-9-8-10-12-27/h8-14,16,18,23,25,29,31,35,39,42H,15,17,19-22,24,26H2,1-7H3/t29-,31-,36-/m1/s1. The van der Waals surface area contributed by atoms with Crippen molar-refractivity contribution in [2.45, 2.75) is 94.6 Å². The van der Waals surface area contributed by atoms with Crippen molar-refractivity contribution in [2.24, 2.45) is 0 Å².